The first kappa shape index (κ1) is 23.0. The molecule has 2 aromatic carbocycles. The summed E-state index contributed by atoms with van der Waals surface area (Å²) in [6, 6.07) is 13.6. The van der Waals surface area contributed by atoms with Gasteiger partial charge in [-0.2, -0.15) is 0 Å². The molecular formula is C26H32N2O5. The summed E-state index contributed by atoms with van der Waals surface area (Å²) < 4.78 is 16.1. The highest BCUT2D eigenvalue weighted by molar-refractivity contribution is 6.01. The van der Waals surface area contributed by atoms with Crippen LogP contribution in [0, 0.1) is 5.92 Å². The Morgan fingerprint density at radius 3 is 2.55 bits per heavy atom. The highest BCUT2D eigenvalue weighted by Gasteiger charge is 2.32. The van der Waals surface area contributed by atoms with E-state index in [1.807, 2.05) is 47.4 Å². The summed E-state index contributed by atoms with van der Waals surface area (Å²) in [6.45, 7) is 1.02. The van der Waals surface area contributed by atoms with E-state index in [0.29, 0.717) is 31.0 Å². The monoisotopic (exact) mass is 452 g/mol. The topological polar surface area (TPSA) is 69.6 Å². The quantitative estimate of drug-likeness (QED) is 0.563. The molecule has 1 aliphatic heterocycles. The van der Waals surface area contributed by atoms with Gasteiger partial charge in [0.15, 0.2) is 17.6 Å². The smallest absolute Gasteiger partial charge is 0.226 e. The average Bonchev–Trinajstić information content (AvgIpc) is 3.55. The number of oxime groups is 1. The summed E-state index contributed by atoms with van der Waals surface area (Å²) in [5, 5.41) is 4.32. The number of hydrogen-bond donors (Lipinski definition) is 0. The molecule has 0 saturated heterocycles. The highest BCUT2D eigenvalue weighted by atomic mass is 16.6. The summed E-state index contributed by atoms with van der Waals surface area (Å²) >= 11 is 0. The molecule has 1 atom stereocenters. The highest BCUT2D eigenvalue weighted by Crippen LogP contribution is 2.31. The predicted octanol–water partition coefficient (Wildman–Crippen LogP) is 4.42. The van der Waals surface area contributed by atoms with E-state index < -0.39 is 0 Å². The number of carbonyl (C=O) groups excluding carboxylic acids is 1. The number of amides is 1. The fourth-order valence-corrected chi connectivity index (χ4v) is 4.61. The minimum atomic E-state index is -0.191. The second-order valence-corrected chi connectivity index (χ2v) is 8.59. The van der Waals surface area contributed by atoms with Gasteiger partial charge in [0.2, 0.25) is 5.91 Å². The van der Waals surface area contributed by atoms with Crippen LogP contribution in [-0.4, -0.2) is 50.5 Å². The maximum Gasteiger partial charge on any atom is 0.226 e. The lowest BCUT2D eigenvalue weighted by atomic mass is 10.0. The Bertz CT molecular complexity index is 1000. The van der Waals surface area contributed by atoms with E-state index >= 15 is 0 Å². The van der Waals surface area contributed by atoms with Crippen LogP contribution in [0.3, 0.4) is 0 Å². The summed E-state index contributed by atoms with van der Waals surface area (Å²) in [5.41, 5.74) is 2.81. The third-order valence-corrected chi connectivity index (χ3v) is 6.40. The number of ether oxygens (including phenoxy) is 3. The molecular weight excluding hydrogens is 420 g/mol. The summed E-state index contributed by atoms with van der Waals surface area (Å²) in [6.07, 6.45) is 4.61. The van der Waals surface area contributed by atoms with Crippen LogP contribution < -0.4 is 14.2 Å². The molecule has 0 bridgehead atoms. The van der Waals surface area contributed by atoms with E-state index in [1.54, 1.807) is 21.3 Å². The molecule has 7 heteroatoms. The van der Waals surface area contributed by atoms with Gasteiger partial charge >= 0.3 is 0 Å². The number of nitrogens with zero attached hydrogens (tertiary/aromatic N) is 2. The normalized spacial score (nSPS) is 17.9. The van der Waals surface area contributed by atoms with Crippen LogP contribution in [0.2, 0.25) is 0 Å². The first-order valence-corrected chi connectivity index (χ1v) is 11.5. The van der Waals surface area contributed by atoms with Crippen molar-refractivity contribution in [3.63, 3.8) is 0 Å². The van der Waals surface area contributed by atoms with E-state index in [2.05, 4.69) is 5.16 Å². The number of hydrogen-bond acceptors (Lipinski definition) is 6. The van der Waals surface area contributed by atoms with Crippen LogP contribution >= 0.6 is 0 Å². The molecule has 4 rings (SSSR count). The molecule has 0 unspecified atom stereocenters. The van der Waals surface area contributed by atoms with Crippen LogP contribution in [-0.2, 0) is 16.2 Å². The third kappa shape index (κ3) is 5.41. The molecule has 1 heterocycles. The Morgan fingerprint density at radius 2 is 1.82 bits per heavy atom. The van der Waals surface area contributed by atoms with Crippen LogP contribution in [0.4, 0.5) is 0 Å². The zero-order chi connectivity index (χ0) is 23.2. The van der Waals surface area contributed by atoms with E-state index in [4.69, 9.17) is 19.0 Å². The van der Waals surface area contributed by atoms with Gasteiger partial charge in [-0.25, -0.2) is 0 Å². The van der Waals surface area contributed by atoms with Gasteiger partial charge in [-0.15, -0.1) is 0 Å². The van der Waals surface area contributed by atoms with Gasteiger partial charge in [0, 0.05) is 24.4 Å². The molecule has 1 fully saturated rings. The van der Waals surface area contributed by atoms with Crippen molar-refractivity contribution < 1.29 is 23.8 Å². The standard InChI is InChI=1S/C26H32N2O5/c1-30-21-10-6-7-18(13-21)16-28(26(29)19-8-4-5-9-19)17-22-15-23(27-33-22)20-11-12-24(31-2)25(14-20)32-3/h6-7,10-14,19,22H,4-5,8-9,15-17H2,1-3H3/t22-/m1/s1. The second kappa shape index (κ2) is 10.6. The number of benzene rings is 2. The second-order valence-electron chi connectivity index (χ2n) is 8.59. The lowest BCUT2D eigenvalue weighted by molar-refractivity contribution is -0.137. The zero-order valence-corrected chi connectivity index (χ0v) is 19.6. The summed E-state index contributed by atoms with van der Waals surface area (Å²) in [5.74, 6) is 2.42. The largest absolute Gasteiger partial charge is 0.497 e. The van der Waals surface area contributed by atoms with Crippen LogP contribution in [0.1, 0.15) is 43.2 Å². The summed E-state index contributed by atoms with van der Waals surface area (Å²) in [4.78, 5) is 21.1. The third-order valence-electron chi connectivity index (χ3n) is 6.40. The van der Waals surface area contributed by atoms with Crippen molar-refractivity contribution in [3.8, 4) is 17.2 Å². The van der Waals surface area contributed by atoms with Gasteiger partial charge in [-0.05, 0) is 48.7 Å². The van der Waals surface area contributed by atoms with E-state index in [0.717, 1.165) is 48.3 Å². The fourth-order valence-electron chi connectivity index (χ4n) is 4.61. The lowest BCUT2D eigenvalue weighted by Crippen LogP contribution is -2.40. The van der Waals surface area contributed by atoms with Crippen molar-refractivity contribution in [1.29, 1.82) is 0 Å². The van der Waals surface area contributed by atoms with Crippen molar-refractivity contribution in [2.45, 2.75) is 44.8 Å². The van der Waals surface area contributed by atoms with Crippen molar-refractivity contribution in [2.75, 3.05) is 27.9 Å². The van der Waals surface area contributed by atoms with Crippen molar-refractivity contribution in [1.82, 2.24) is 4.90 Å². The Hall–Kier alpha value is -3.22. The molecule has 1 saturated carbocycles. The fraction of sp³-hybridized carbons (Fsp3) is 0.462. The van der Waals surface area contributed by atoms with Gasteiger partial charge in [-0.1, -0.05) is 30.1 Å². The maximum atomic E-state index is 13.4. The van der Waals surface area contributed by atoms with Gasteiger partial charge in [-0.3, -0.25) is 4.79 Å². The molecule has 7 nitrogen and oxygen atoms in total. The maximum absolute atomic E-state index is 13.4. The average molecular weight is 453 g/mol. The van der Waals surface area contributed by atoms with Crippen molar-refractivity contribution in [3.05, 3.63) is 53.6 Å². The summed E-state index contributed by atoms with van der Waals surface area (Å²) in [7, 11) is 4.88. The van der Waals surface area contributed by atoms with E-state index in [9.17, 15) is 4.79 Å². The van der Waals surface area contributed by atoms with Crippen LogP contribution in [0.5, 0.6) is 17.2 Å². The van der Waals surface area contributed by atoms with E-state index in [1.165, 1.54) is 0 Å². The Balaban J connectivity index is 1.46. The Kier molecular flexibility index (Phi) is 7.37. The molecule has 0 radical (unpaired) electrons. The van der Waals surface area contributed by atoms with Crippen LogP contribution in [0.25, 0.3) is 0 Å². The molecule has 1 aliphatic carbocycles. The first-order valence-electron chi connectivity index (χ1n) is 11.5. The molecule has 0 aromatic heterocycles. The SMILES string of the molecule is COc1cccc(CN(C[C@H]2CC(c3ccc(OC)c(OC)c3)=NO2)C(=O)C2CCCC2)c1. The van der Waals surface area contributed by atoms with E-state index in [-0.39, 0.29) is 17.9 Å². The van der Waals surface area contributed by atoms with Gasteiger partial charge < -0.3 is 23.9 Å². The molecule has 2 aromatic rings. The number of rotatable bonds is 9. The number of carbonyl (C=O) groups is 1. The molecule has 2 aliphatic rings. The minimum absolute atomic E-state index is 0.100. The molecule has 0 N–H and O–H groups in total. The Morgan fingerprint density at radius 1 is 1.03 bits per heavy atom. The molecule has 0 spiro atoms. The minimum Gasteiger partial charge on any atom is -0.497 e. The Labute approximate surface area is 195 Å². The van der Waals surface area contributed by atoms with Crippen LogP contribution in [0.15, 0.2) is 47.6 Å². The van der Waals surface area contributed by atoms with Gasteiger partial charge in [0.1, 0.15) is 5.75 Å². The van der Waals surface area contributed by atoms with Gasteiger partial charge in [0.05, 0.1) is 33.6 Å². The van der Waals surface area contributed by atoms with Crippen molar-refractivity contribution >= 4 is 11.6 Å². The zero-order valence-electron chi connectivity index (χ0n) is 19.6. The first-order chi connectivity index (χ1) is 16.1. The number of methoxy groups -OCH3 is 3. The lowest BCUT2D eigenvalue weighted by Gasteiger charge is -2.27. The predicted molar refractivity (Wildman–Crippen MR) is 126 cm³/mol. The molecule has 1 amide bonds. The molecule has 176 valence electrons. The van der Waals surface area contributed by atoms with Gasteiger partial charge in [0.25, 0.3) is 0 Å². The van der Waals surface area contributed by atoms with Crippen molar-refractivity contribution in [2.24, 2.45) is 11.1 Å². The molecule has 33 heavy (non-hydrogen) atoms.